The topological polar surface area (TPSA) is 0 Å². The van der Waals surface area contributed by atoms with Gasteiger partial charge in [-0.25, -0.2) is 0 Å². The fraction of sp³-hybridized carbons (Fsp3) is 0.385. The second kappa shape index (κ2) is 14.9. The van der Waals surface area contributed by atoms with Crippen LogP contribution in [0.1, 0.15) is 33.3 Å². The molecule has 1 aromatic carbocycles. The van der Waals surface area contributed by atoms with Crippen molar-refractivity contribution < 1.29 is 0 Å². The van der Waals surface area contributed by atoms with Crippen molar-refractivity contribution in [2.24, 2.45) is 0 Å². The molecule has 0 spiro atoms. The second-order valence-corrected chi connectivity index (χ2v) is 2.61. The molecule has 0 aromatic heterocycles. The number of hydrogen-bond donors (Lipinski definition) is 0. The molecule has 0 unspecified atom stereocenters. The van der Waals surface area contributed by atoms with Gasteiger partial charge in [0.05, 0.1) is 0 Å². The first kappa shape index (κ1) is 15.9. The Morgan fingerprint density at radius 1 is 1.00 bits per heavy atom. The van der Waals surface area contributed by atoms with Crippen molar-refractivity contribution in [3.8, 4) is 0 Å². The Morgan fingerprint density at radius 3 is 1.93 bits per heavy atom. The molecular weight excluding hydrogens is 236 g/mol. The molecule has 1 aromatic rings. The molecule has 0 N–H and O–H groups in total. The molecule has 80 valence electrons. The van der Waals surface area contributed by atoms with Crippen molar-refractivity contribution in [3.63, 3.8) is 0 Å². The number of benzene rings is 1. The van der Waals surface area contributed by atoms with Crippen LogP contribution in [-0.4, -0.2) is 5.33 Å². The van der Waals surface area contributed by atoms with Gasteiger partial charge >= 0.3 is 0 Å². The quantitative estimate of drug-likeness (QED) is 0.643. The standard InChI is InChI=1S/C9H9Br.2C2H6/c10-8-4-7-9-5-2-1-3-6-9;2*1-2/h1-7H,8H2;2*1-2H3/b7-4+;;. The smallest absolute Gasteiger partial charge is 0.0215 e. The van der Waals surface area contributed by atoms with Gasteiger partial charge in [-0.15, -0.1) is 0 Å². The molecule has 0 aliphatic heterocycles. The molecule has 0 aliphatic rings. The van der Waals surface area contributed by atoms with Crippen LogP contribution in [0.3, 0.4) is 0 Å². The van der Waals surface area contributed by atoms with Crippen LogP contribution in [0.2, 0.25) is 0 Å². The average molecular weight is 257 g/mol. The molecule has 1 rings (SSSR count). The molecule has 0 saturated heterocycles. The zero-order valence-electron chi connectivity index (χ0n) is 9.63. The summed E-state index contributed by atoms with van der Waals surface area (Å²) < 4.78 is 0. The van der Waals surface area contributed by atoms with E-state index >= 15 is 0 Å². The zero-order valence-corrected chi connectivity index (χ0v) is 11.2. The lowest BCUT2D eigenvalue weighted by Gasteiger charge is -1.88. The van der Waals surface area contributed by atoms with E-state index in [1.54, 1.807) is 0 Å². The Morgan fingerprint density at radius 2 is 1.50 bits per heavy atom. The molecule has 0 radical (unpaired) electrons. The maximum Gasteiger partial charge on any atom is 0.0215 e. The largest absolute Gasteiger partial charge is 0.0883 e. The van der Waals surface area contributed by atoms with Crippen LogP contribution in [0, 0.1) is 0 Å². The van der Waals surface area contributed by atoms with E-state index in [1.807, 2.05) is 45.9 Å². The van der Waals surface area contributed by atoms with Crippen LogP contribution >= 0.6 is 15.9 Å². The van der Waals surface area contributed by atoms with Crippen LogP contribution in [0.5, 0.6) is 0 Å². The minimum atomic E-state index is 0.919. The molecule has 0 nitrogen and oxygen atoms in total. The summed E-state index contributed by atoms with van der Waals surface area (Å²) in [4.78, 5) is 0. The summed E-state index contributed by atoms with van der Waals surface area (Å²) in [6, 6.07) is 10.3. The van der Waals surface area contributed by atoms with Crippen molar-refractivity contribution in [2.75, 3.05) is 5.33 Å². The molecule has 0 amide bonds. The lowest BCUT2D eigenvalue weighted by atomic mass is 10.2. The highest BCUT2D eigenvalue weighted by Crippen LogP contribution is 2.00. The second-order valence-electron chi connectivity index (χ2n) is 1.97. The normalized spacial score (nSPS) is 8.36. The van der Waals surface area contributed by atoms with E-state index in [4.69, 9.17) is 0 Å². The lowest BCUT2D eigenvalue weighted by Crippen LogP contribution is -1.67. The zero-order chi connectivity index (χ0) is 11.2. The van der Waals surface area contributed by atoms with E-state index in [-0.39, 0.29) is 0 Å². The van der Waals surface area contributed by atoms with E-state index in [2.05, 4.69) is 40.2 Å². The molecule has 0 atom stereocenters. The lowest BCUT2D eigenvalue weighted by molar-refractivity contribution is 1.50. The summed E-state index contributed by atoms with van der Waals surface area (Å²) in [6.07, 6.45) is 4.17. The number of halogens is 1. The van der Waals surface area contributed by atoms with Crippen molar-refractivity contribution in [2.45, 2.75) is 27.7 Å². The van der Waals surface area contributed by atoms with Gasteiger partial charge in [0.25, 0.3) is 0 Å². The van der Waals surface area contributed by atoms with E-state index in [0.29, 0.717) is 0 Å². The Bertz CT molecular complexity index is 202. The summed E-state index contributed by atoms with van der Waals surface area (Å²) in [7, 11) is 0. The van der Waals surface area contributed by atoms with Crippen molar-refractivity contribution in [1.29, 1.82) is 0 Å². The van der Waals surface area contributed by atoms with Crippen molar-refractivity contribution >= 4 is 22.0 Å². The first-order valence-corrected chi connectivity index (χ1v) is 6.33. The summed E-state index contributed by atoms with van der Waals surface area (Å²) in [5.41, 5.74) is 1.25. The van der Waals surface area contributed by atoms with Gasteiger partial charge in [0, 0.05) is 5.33 Å². The van der Waals surface area contributed by atoms with Gasteiger partial charge in [0.2, 0.25) is 0 Å². The molecule has 1 heteroatoms. The Hall–Kier alpha value is -0.560. The predicted octanol–water partition coefficient (Wildman–Crippen LogP) is 5.15. The molecule has 0 aliphatic carbocycles. The monoisotopic (exact) mass is 256 g/mol. The third-order valence-corrected chi connectivity index (χ3v) is 1.57. The van der Waals surface area contributed by atoms with Gasteiger partial charge in [0.1, 0.15) is 0 Å². The Kier molecular flexibility index (Phi) is 17.0. The number of alkyl halides is 1. The Balaban J connectivity index is 0. The highest BCUT2D eigenvalue weighted by atomic mass is 79.9. The van der Waals surface area contributed by atoms with E-state index < -0.39 is 0 Å². The molecule has 0 saturated carbocycles. The minimum absolute atomic E-state index is 0.919. The van der Waals surface area contributed by atoms with Gasteiger partial charge < -0.3 is 0 Å². The van der Waals surface area contributed by atoms with E-state index in [1.165, 1.54) is 5.56 Å². The first-order chi connectivity index (χ1) is 6.93. The van der Waals surface area contributed by atoms with Crippen LogP contribution in [-0.2, 0) is 0 Å². The Labute approximate surface area is 97.2 Å². The fourth-order valence-electron chi connectivity index (χ4n) is 0.745. The molecule has 14 heavy (non-hydrogen) atoms. The van der Waals surface area contributed by atoms with Crippen LogP contribution in [0.25, 0.3) is 6.08 Å². The van der Waals surface area contributed by atoms with Gasteiger partial charge in [-0.2, -0.15) is 0 Å². The molecule has 0 heterocycles. The van der Waals surface area contributed by atoms with Crippen molar-refractivity contribution in [1.82, 2.24) is 0 Å². The third kappa shape index (κ3) is 9.53. The van der Waals surface area contributed by atoms with Crippen LogP contribution < -0.4 is 0 Å². The van der Waals surface area contributed by atoms with Crippen LogP contribution in [0.15, 0.2) is 36.4 Å². The predicted molar refractivity (Wildman–Crippen MR) is 72.0 cm³/mol. The van der Waals surface area contributed by atoms with Crippen molar-refractivity contribution in [3.05, 3.63) is 42.0 Å². The van der Waals surface area contributed by atoms with Gasteiger partial charge in [0.15, 0.2) is 0 Å². The highest BCUT2D eigenvalue weighted by Gasteiger charge is 1.79. The summed E-state index contributed by atoms with van der Waals surface area (Å²) in [5, 5.41) is 0.919. The van der Waals surface area contributed by atoms with E-state index in [0.717, 1.165) is 5.33 Å². The van der Waals surface area contributed by atoms with Gasteiger partial charge in [-0.05, 0) is 5.56 Å². The maximum atomic E-state index is 3.32. The fourth-order valence-corrected chi connectivity index (χ4v) is 0.932. The van der Waals surface area contributed by atoms with Crippen LogP contribution in [0.4, 0.5) is 0 Å². The van der Waals surface area contributed by atoms with Gasteiger partial charge in [-0.3, -0.25) is 0 Å². The molecular formula is C13H21Br. The number of allylic oxidation sites excluding steroid dienone is 1. The molecule has 0 bridgehead atoms. The van der Waals surface area contributed by atoms with E-state index in [9.17, 15) is 0 Å². The summed E-state index contributed by atoms with van der Waals surface area (Å²) in [5.74, 6) is 0. The maximum absolute atomic E-state index is 3.32. The average Bonchev–Trinajstić information content (AvgIpc) is 2.33. The number of rotatable bonds is 2. The summed E-state index contributed by atoms with van der Waals surface area (Å²) in [6.45, 7) is 8.00. The first-order valence-electron chi connectivity index (χ1n) is 5.21. The summed E-state index contributed by atoms with van der Waals surface area (Å²) >= 11 is 3.32. The SMILES string of the molecule is BrC/C=C/c1ccccc1.CC.CC. The third-order valence-electron chi connectivity index (χ3n) is 1.20. The minimum Gasteiger partial charge on any atom is -0.0883 e. The number of hydrogen-bond acceptors (Lipinski definition) is 0. The highest BCUT2D eigenvalue weighted by molar-refractivity contribution is 9.09. The molecule has 0 fully saturated rings. The van der Waals surface area contributed by atoms with Gasteiger partial charge in [-0.1, -0.05) is 86.1 Å².